The molecule has 6 heteroatoms. The minimum Gasteiger partial charge on any atom is -0.360 e. The molecule has 1 rings (SSSR count). The third-order valence-electron chi connectivity index (χ3n) is 3.22. The fourth-order valence-corrected chi connectivity index (χ4v) is 1.51. The molecular weight excluding hydrogens is 246 g/mol. The molecule has 0 fully saturated rings. The maximum absolute atomic E-state index is 12.0. The molecule has 2 amide bonds. The van der Waals surface area contributed by atoms with E-state index in [1.54, 1.807) is 20.0 Å². The summed E-state index contributed by atoms with van der Waals surface area (Å²) in [7, 11) is 1.62. The van der Waals surface area contributed by atoms with Gasteiger partial charge in [0, 0.05) is 19.2 Å². The first-order valence-corrected chi connectivity index (χ1v) is 6.14. The van der Waals surface area contributed by atoms with Crippen LogP contribution in [0.25, 0.3) is 0 Å². The molecule has 0 aromatic carbocycles. The molecule has 0 bridgehead atoms. The summed E-state index contributed by atoms with van der Waals surface area (Å²) >= 11 is 0. The van der Waals surface area contributed by atoms with Gasteiger partial charge in [0.25, 0.3) is 0 Å². The van der Waals surface area contributed by atoms with Crippen molar-refractivity contribution in [3.8, 4) is 0 Å². The maximum atomic E-state index is 12.0. The Morgan fingerprint density at radius 1 is 1.42 bits per heavy atom. The van der Waals surface area contributed by atoms with Gasteiger partial charge in [-0.2, -0.15) is 0 Å². The molecule has 19 heavy (non-hydrogen) atoms. The molecule has 0 spiro atoms. The fraction of sp³-hybridized carbons (Fsp3) is 0.615. The molecule has 1 aromatic rings. The van der Waals surface area contributed by atoms with E-state index in [4.69, 9.17) is 4.52 Å². The molecule has 1 heterocycles. The van der Waals surface area contributed by atoms with E-state index >= 15 is 0 Å². The molecule has 0 aliphatic rings. The van der Waals surface area contributed by atoms with E-state index in [2.05, 4.69) is 10.5 Å². The number of nitrogens with one attached hydrogen (secondary N) is 1. The van der Waals surface area contributed by atoms with Gasteiger partial charge in [-0.15, -0.1) is 0 Å². The summed E-state index contributed by atoms with van der Waals surface area (Å²) in [6.45, 7) is 9.66. The summed E-state index contributed by atoms with van der Waals surface area (Å²) in [5, 5.41) is 6.03. The molecule has 0 saturated carbocycles. The van der Waals surface area contributed by atoms with Crippen molar-refractivity contribution >= 4 is 17.6 Å². The summed E-state index contributed by atoms with van der Waals surface area (Å²) in [6, 6.07) is 1.49. The Hall–Kier alpha value is -1.85. The van der Waals surface area contributed by atoms with Gasteiger partial charge in [0.05, 0.1) is 0 Å². The lowest BCUT2D eigenvalue weighted by molar-refractivity contribution is -0.144. The second-order valence-corrected chi connectivity index (χ2v) is 5.73. The molecule has 0 radical (unpaired) electrons. The third kappa shape index (κ3) is 3.81. The van der Waals surface area contributed by atoms with Gasteiger partial charge in [-0.25, -0.2) is 0 Å². The number of carbonyl (C=O) groups excluding carboxylic acids is 2. The molecule has 106 valence electrons. The van der Waals surface area contributed by atoms with Crippen LogP contribution in [0.15, 0.2) is 10.6 Å². The quantitative estimate of drug-likeness (QED) is 0.829. The molecule has 6 nitrogen and oxygen atoms in total. The highest BCUT2D eigenvalue weighted by Crippen LogP contribution is 2.23. The van der Waals surface area contributed by atoms with Crippen molar-refractivity contribution in [1.82, 2.24) is 10.1 Å². The van der Waals surface area contributed by atoms with Crippen LogP contribution in [0.5, 0.6) is 0 Å². The Morgan fingerprint density at radius 2 is 2.00 bits per heavy atom. The lowest BCUT2D eigenvalue weighted by atomic mass is 9.87. The second kappa shape index (κ2) is 5.42. The Balaban J connectivity index is 2.69. The SMILES string of the molecule is Cc1cc(NC(=O)C(=O)N(C)[C@H](C)C(C)(C)C)no1. The number of nitrogens with zero attached hydrogens (tertiary/aromatic N) is 2. The number of aromatic nitrogens is 1. The zero-order chi connectivity index (χ0) is 14.8. The van der Waals surface area contributed by atoms with Crippen LogP contribution in [0.1, 0.15) is 33.5 Å². The van der Waals surface area contributed by atoms with E-state index < -0.39 is 11.8 Å². The first kappa shape index (κ1) is 15.2. The van der Waals surface area contributed by atoms with Crippen LogP contribution in [-0.2, 0) is 9.59 Å². The summed E-state index contributed by atoms with van der Waals surface area (Å²) in [5.41, 5.74) is -0.102. The van der Waals surface area contributed by atoms with Crippen molar-refractivity contribution in [1.29, 1.82) is 0 Å². The normalized spacial score (nSPS) is 12.9. The van der Waals surface area contributed by atoms with Crippen molar-refractivity contribution in [2.45, 2.75) is 40.7 Å². The van der Waals surface area contributed by atoms with Crippen LogP contribution < -0.4 is 5.32 Å². The average molecular weight is 267 g/mol. The maximum Gasteiger partial charge on any atom is 0.315 e. The van der Waals surface area contributed by atoms with E-state index in [0.29, 0.717) is 5.76 Å². The predicted octanol–water partition coefficient (Wildman–Crippen LogP) is 1.81. The highest BCUT2D eigenvalue weighted by molar-refractivity contribution is 6.39. The van der Waals surface area contributed by atoms with Gasteiger partial charge < -0.3 is 9.42 Å². The number of likely N-dealkylation sites (N-methyl/N-ethyl adjacent to an activating group) is 1. The van der Waals surface area contributed by atoms with Gasteiger partial charge in [0.1, 0.15) is 5.76 Å². The van der Waals surface area contributed by atoms with Crippen LogP contribution in [0.3, 0.4) is 0 Å². The van der Waals surface area contributed by atoms with Gasteiger partial charge in [0.2, 0.25) is 0 Å². The molecule has 1 atom stereocenters. The average Bonchev–Trinajstić information content (AvgIpc) is 2.70. The zero-order valence-electron chi connectivity index (χ0n) is 12.3. The summed E-state index contributed by atoms with van der Waals surface area (Å²) < 4.78 is 4.82. The van der Waals surface area contributed by atoms with E-state index in [1.165, 1.54) is 4.90 Å². The Morgan fingerprint density at radius 3 is 2.42 bits per heavy atom. The van der Waals surface area contributed by atoms with E-state index in [0.717, 1.165) is 0 Å². The van der Waals surface area contributed by atoms with Crippen LogP contribution in [0.2, 0.25) is 0 Å². The Labute approximate surface area is 113 Å². The summed E-state index contributed by atoms with van der Waals surface area (Å²) in [5.74, 6) is -0.498. The molecule has 0 saturated heterocycles. The molecule has 0 aliphatic heterocycles. The van der Waals surface area contributed by atoms with E-state index in [1.807, 2.05) is 27.7 Å². The van der Waals surface area contributed by atoms with Crippen molar-refractivity contribution in [3.63, 3.8) is 0 Å². The zero-order valence-corrected chi connectivity index (χ0v) is 12.3. The number of hydrogen-bond acceptors (Lipinski definition) is 4. The molecular formula is C13H21N3O3. The molecule has 1 N–H and O–H groups in total. The van der Waals surface area contributed by atoms with Gasteiger partial charge >= 0.3 is 11.8 Å². The third-order valence-corrected chi connectivity index (χ3v) is 3.22. The number of anilines is 1. The topological polar surface area (TPSA) is 75.4 Å². The minimum absolute atomic E-state index is 0.0650. The number of carbonyl (C=O) groups is 2. The number of rotatable bonds is 2. The first-order valence-electron chi connectivity index (χ1n) is 6.14. The largest absolute Gasteiger partial charge is 0.360 e. The van der Waals surface area contributed by atoms with Gasteiger partial charge in [-0.1, -0.05) is 25.9 Å². The number of amides is 2. The van der Waals surface area contributed by atoms with Gasteiger partial charge in [-0.3, -0.25) is 14.9 Å². The van der Waals surface area contributed by atoms with Crippen molar-refractivity contribution in [3.05, 3.63) is 11.8 Å². The number of aryl methyl sites for hydroxylation is 1. The monoisotopic (exact) mass is 267 g/mol. The smallest absolute Gasteiger partial charge is 0.315 e. The standard InChI is InChI=1S/C13H21N3O3/c1-8-7-10(15-19-8)14-11(17)12(18)16(6)9(2)13(3,4)5/h7,9H,1-6H3,(H,14,15,17)/t9-/m1/s1. The van der Waals surface area contributed by atoms with Crippen LogP contribution in [0, 0.1) is 12.3 Å². The van der Waals surface area contributed by atoms with Crippen LogP contribution in [0.4, 0.5) is 5.82 Å². The van der Waals surface area contributed by atoms with Crippen molar-refractivity contribution in [2.24, 2.45) is 5.41 Å². The Bertz CT molecular complexity index is 474. The molecule has 0 aliphatic carbocycles. The lowest BCUT2D eigenvalue weighted by Gasteiger charge is -2.34. The van der Waals surface area contributed by atoms with Crippen molar-refractivity contribution < 1.29 is 14.1 Å². The first-order chi connectivity index (χ1) is 8.62. The van der Waals surface area contributed by atoms with Gasteiger partial charge in [0.15, 0.2) is 5.82 Å². The molecule has 0 unspecified atom stereocenters. The summed E-state index contributed by atoms with van der Waals surface area (Å²) in [6.07, 6.45) is 0. The van der Waals surface area contributed by atoms with E-state index in [9.17, 15) is 9.59 Å². The highest BCUT2D eigenvalue weighted by Gasteiger charge is 2.30. The van der Waals surface area contributed by atoms with Crippen molar-refractivity contribution in [2.75, 3.05) is 12.4 Å². The van der Waals surface area contributed by atoms with E-state index in [-0.39, 0.29) is 17.3 Å². The highest BCUT2D eigenvalue weighted by atomic mass is 16.5. The summed E-state index contributed by atoms with van der Waals surface area (Å²) in [4.78, 5) is 25.2. The Kier molecular flexibility index (Phi) is 4.34. The minimum atomic E-state index is -0.716. The van der Waals surface area contributed by atoms with Gasteiger partial charge in [-0.05, 0) is 19.3 Å². The second-order valence-electron chi connectivity index (χ2n) is 5.73. The molecule has 1 aromatic heterocycles. The lowest BCUT2D eigenvalue weighted by Crippen LogP contribution is -2.47. The van der Waals surface area contributed by atoms with Crippen LogP contribution in [-0.4, -0.2) is 35.0 Å². The van der Waals surface area contributed by atoms with Crippen LogP contribution >= 0.6 is 0 Å². The fourth-order valence-electron chi connectivity index (χ4n) is 1.51. The number of hydrogen-bond donors (Lipinski definition) is 1. The predicted molar refractivity (Wildman–Crippen MR) is 71.6 cm³/mol.